The molecule has 1 atom stereocenters. The number of hydrogen-bond donors (Lipinski definition) is 1. The van der Waals surface area contributed by atoms with Gasteiger partial charge < -0.3 is 9.72 Å². The number of aryl methyl sites for hydroxylation is 3. The molecule has 1 unspecified atom stereocenters. The molecule has 0 bridgehead atoms. The molecule has 0 spiro atoms. The first-order chi connectivity index (χ1) is 14.0. The Morgan fingerprint density at radius 2 is 1.76 bits per heavy atom. The van der Waals surface area contributed by atoms with E-state index >= 15 is 0 Å². The number of fused-ring (bicyclic) bond motifs is 1. The summed E-state index contributed by atoms with van der Waals surface area (Å²) in [6, 6.07) is 20.3. The molecule has 146 valence electrons. The third-order valence-corrected chi connectivity index (χ3v) is 5.34. The number of anilines is 1. The molecule has 0 saturated carbocycles. The van der Waals surface area contributed by atoms with E-state index in [4.69, 9.17) is 0 Å². The normalized spacial score (nSPS) is 12.1. The highest BCUT2D eigenvalue weighted by molar-refractivity contribution is 5.91. The van der Waals surface area contributed by atoms with Gasteiger partial charge in [-0.3, -0.25) is 4.79 Å². The van der Waals surface area contributed by atoms with Crippen LogP contribution in [0.4, 0.5) is 5.69 Å². The molecule has 2 aromatic heterocycles. The molecule has 1 amide bonds. The maximum Gasteiger partial charge on any atom is 0.225 e. The molecule has 4 aromatic rings. The number of carbonyl (C=O) groups excluding carboxylic acids is 1. The van der Waals surface area contributed by atoms with E-state index in [1.165, 1.54) is 16.7 Å². The summed E-state index contributed by atoms with van der Waals surface area (Å²) >= 11 is 0. The van der Waals surface area contributed by atoms with Crippen LogP contribution in [0.3, 0.4) is 0 Å². The SMILES string of the molecule is Cc1ccc(NC(=O)CC(c2ccccc2C)c2cnc3cc(C)ccn23)cc1. The molecule has 4 rings (SSSR count). The van der Waals surface area contributed by atoms with Gasteiger partial charge in [0.1, 0.15) is 5.65 Å². The predicted molar refractivity (Wildman–Crippen MR) is 117 cm³/mol. The van der Waals surface area contributed by atoms with Crippen LogP contribution >= 0.6 is 0 Å². The van der Waals surface area contributed by atoms with Crippen molar-refractivity contribution in [2.75, 3.05) is 5.32 Å². The number of rotatable bonds is 5. The number of nitrogens with one attached hydrogen (secondary N) is 1. The molecule has 4 nitrogen and oxygen atoms in total. The fourth-order valence-corrected chi connectivity index (χ4v) is 3.75. The Morgan fingerprint density at radius 3 is 2.52 bits per heavy atom. The summed E-state index contributed by atoms with van der Waals surface area (Å²) in [7, 11) is 0. The Labute approximate surface area is 171 Å². The number of carbonyl (C=O) groups is 1. The molecule has 0 aliphatic rings. The van der Waals surface area contributed by atoms with Gasteiger partial charge in [0.15, 0.2) is 0 Å². The Kier molecular flexibility index (Phi) is 5.17. The molecule has 1 N–H and O–H groups in total. The second-order valence-electron chi connectivity index (χ2n) is 7.64. The van der Waals surface area contributed by atoms with Crippen molar-refractivity contribution < 1.29 is 4.79 Å². The number of hydrogen-bond acceptors (Lipinski definition) is 2. The number of pyridine rings is 1. The summed E-state index contributed by atoms with van der Waals surface area (Å²) in [5, 5.41) is 3.04. The smallest absolute Gasteiger partial charge is 0.225 e. The van der Waals surface area contributed by atoms with E-state index in [0.29, 0.717) is 6.42 Å². The second-order valence-corrected chi connectivity index (χ2v) is 7.64. The van der Waals surface area contributed by atoms with Crippen LogP contribution in [0.1, 0.15) is 40.3 Å². The zero-order chi connectivity index (χ0) is 20.4. The third-order valence-electron chi connectivity index (χ3n) is 5.34. The van der Waals surface area contributed by atoms with E-state index in [0.717, 1.165) is 22.6 Å². The lowest BCUT2D eigenvalue weighted by atomic mass is 9.89. The molecule has 29 heavy (non-hydrogen) atoms. The topological polar surface area (TPSA) is 46.4 Å². The largest absolute Gasteiger partial charge is 0.326 e. The van der Waals surface area contributed by atoms with Gasteiger partial charge in [-0.05, 0) is 61.7 Å². The van der Waals surface area contributed by atoms with Crippen LogP contribution in [0.2, 0.25) is 0 Å². The van der Waals surface area contributed by atoms with Gasteiger partial charge >= 0.3 is 0 Å². The maximum atomic E-state index is 12.9. The van der Waals surface area contributed by atoms with Crippen molar-refractivity contribution in [3.8, 4) is 0 Å². The summed E-state index contributed by atoms with van der Waals surface area (Å²) in [5.74, 6) is -0.0940. The van der Waals surface area contributed by atoms with Gasteiger partial charge in [-0.2, -0.15) is 0 Å². The first kappa shape index (κ1) is 18.9. The Balaban J connectivity index is 1.70. The van der Waals surface area contributed by atoms with Gasteiger partial charge in [-0.15, -0.1) is 0 Å². The molecule has 0 saturated heterocycles. The summed E-state index contributed by atoms with van der Waals surface area (Å²) < 4.78 is 2.09. The van der Waals surface area contributed by atoms with Crippen LogP contribution in [-0.4, -0.2) is 15.3 Å². The van der Waals surface area contributed by atoms with E-state index in [1.807, 2.05) is 55.7 Å². The van der Waals surface area contributed by atoms with Crippen LogP contribution in [0, 0.1) is 20.8 Å². The fraction of sp³-hybridized carbons (Fsp3) is 0.200. The molecule has 2 heterocycles. The third kappa shape index (κ3) is 4.06. The standard InChI is InChI=1S/C25H25N3O/c1-17-8-10-20(11-9-17)27-25(29)15-22(21-7-5-4-6-19(21)3)23-16-26-24-14-18(2)12-13-28(23)24/h4-14,16,22H,15H2,1-3H3,(H,27,29). The van der Waals surface area contributed by atoms with Gasteiger partial charge in [-0.1, -0.05) is 42.0 Å². The molecule has 0 fully saturated rings. The van der Waals surface area contributed by atoms with Crippen molar-refractivity contribution >= 4 is 17.2 Å². The number of amides is 1. The van der Waals surface area contributed by atoms with Crippen molar-refractivity contribution in [2.24, 2.45) is 0 Å². The minimum absolute atomic E-state index is 0.0100. The van der Waals surface area contributed by atoms with Gasteiger partial charge in [0.2, 0.25) is 5.91 Å². The number of nitrogens with zero attached hydrogens (tertiary/aromatic N) is 2. The van der Waals surface area contributed by atoms with E-state index in [-0.39, 0.29) is 11.8 Å². The average Bonchev–Trinajstić information content (AvgIpc) is 3.11. The second kappa shape index (κ2) is 7.92. The molecule has 0 radical (unpaired) electrons. The Morgan fingerprint density at radius 1 is 1.00 bits per heavy atom. The molecule has 2 aromatic carbocycles. The van der Waals surface area contributed by atoms with Gasteiger partial charge in [-0.25, -0.2) is 4.98 Å². The average molecular weight is 383 g/mol. The predicted octanol–water partition coefficient (Wildman–Crippen LogP) is 5.42. The van der Waals surface area contributed by atoms with E-state index in [9.17, 15) is 4.79 Å². The highest BCUT2D eigenvalue weighted by Crippen LogP contribution is 2.31. The number of benzene rings is 2. The molecule has 4 heteroatoms. The Bertz CT molecular complexity index is 1160. The van der Waals surface area contributed by atoms with E-state index < -0.39 is 0 Å². The number of aromatic nitrogens is 2. The van der Waals surface area contributed by atoms with Crippen LogP contribution < -0.4 is 5.32 Å². The van der Waals surface area contributed by atoms with E-state index in [1.54, 1.807) is 0 Å². The van der Waals surface area contributed by atoms with Crippen LogP contribution in [0.25, 0.3) is 5.65 Å². The van der Waals surface area contributed by atoms with E-state index in [2.05, 4.69) is 52.8 Å². The minimum atomic E-state index is -0.0839. The minimum Gasteiger partial charge on any atom is -0.326 e. The molecular weight excluding hydrogens is 358 g/mol. The first-order valence-electron chi connectivity index (χ1n) is 9.87. The van der Waals surface area contributed by atoms with Crippen molar-refractivity contribution in [3.05, 3.63) is 101 Å². The number of imidazole rings is 1. The van der Waals surface area contributed by atoms with Crippen molar-refractivity contribution in [3.63, 3.8) is 0 Å². The van der Waals surface area contributed by atoms with Crippen LogP contribution in [0.5, 0.6) is 0 Å². The molecular formula is C25H25N3O. The highest BCUT2D eigenvalue weighted by atomic mass is 16.1. The summed E-state index contributed by atoms with van der Waals surface area (Å²) in [4.78, 5) is 17.5. The summed E-state index contributed by atoms with van der Waals surface area (Å²) in [6.45, 7) is 6.18. The zero-order valence-corrected chi connectivity index (χ0v) is 17.0. The lowest BCUT2D eigenvalue weighted by molar-refractivity contribution is -0.116. The lowest BCUT2D eigenvalue weighted by Crippen LogP contribution is -2.18. The van der Waals surface area contributed by atoms with Gasteiger partial charge in [0.05, 0.1) is 5.69 Å². The van der Waals surface area contributed by atoms with Gasteiger partial charge in [0, 0.05) is 30.4 Å². The summed E-state index contributed by atoms with van der Waals surface area (Å²) in [6.07, 6.45) is 4.28. The van der Waals surface area contributed by atoms with Crippen molar-refractivity contribution in [1.29, 1.82) is 0 Å². The first-order valence-corrected chi connectivity index (χ1v) is 9.87. The van der Waals surface area contributed by atoms with Crippen LogP contribution in [0.15, 0.2) is 73.1 Å². The lowest BCUT2D eigenvalue weighted by Gasteiger charge is -2.19. The molecule has 0 aliphatic carbocycles. The monoisotopic (exact) mass is 383 g/mol. The zero-order valence-electron chi connectivity index (χ0n) is 17.0. The quantitative estimate of drug-likeness (QED) is 0.500. The van der Waals surface area contributed by atoms with Crippen molar-refractivity contribution in [1.82, 2.24) is 9.38 Å². The maximum absolute atomic E-state index is 12.9. The van der Waals surface area contributed by atoms with Crippen LogP contribution in [-0.2, 0) is 4.79 Å². The fourth-order valence-electron chi connectivity index (χ4n) is 3.75. The van der Waals surface area contributed by atoms with Gasteiger partial charge in [0.25, 0.3) is 0 Å². The Hall–Kier alpha value is -3.40. The molecule has 0 aliphatic heterocycles. The van der Waals surface area contributed by atoms with Crippen molar-refractivity contribution in [2.45, 2.75) is 33.1 Å². The summed E-state index contributed by atoms with van der Waals surface area (Å²) in [5.41, 5.74) is 7.39. The highest BCUT2D eigenvalue weighted by Gasteiger charge is 2.23.